The van der Waals surface area contributed by atoms with E-state index in [4.69, 9.17) is 19.7 Å². The van der Waals surface area contributed by atoms with Crippen LogP contribution in [0.15, 0.2) is 12.2 Å². The zero-order valence-corrected chi connectivity index (χ0v) is 22.3. The molecule has 0 spiro atoms. The van der Waals surface area contributed by atoms with Gasteiger partial charge in [-0.25, -0.2) is 4.79 Å². The number of aliphatic hydroxyl groups is 2. The third kappa shape index (κ3) is 12.8. The van der Waals surface area contributed by atoms with Crippen LogP contribution < -0.4 is 0 Å². The molecule has 2 N–H and O–H groups in total. The first-order valence-electron chi connectivity index (χ1n) is 13.0. The summed E-state index contributed by atoms with van der Waals surface area (Å²) in [5, 5.41) is 18.1. The molecular formula is C26H42F6O6. The first-order chi connectivity index (χ1) is 17.6. The van der Waals surface area contributed by atoms with Gasteiger partial charge in [0.05, 0.1) is 13.2 Å². The van der Waals surface area contributed by atoms with Gasteiger partial charge >= 0.3 is 29.7 Å². The maximum Gasteiger partial charge on any atom is 0.371 e. The van der Waals surface area contributed by atoms with E-state index >= 15 is 0 Å². The number of unbranched alkanes of at least 4 members (excludes halogenated alkanes) is 4. The normalized spacial score (nSPS) is 13.4. The van der Waals surface area contributed by atoms with E-state index in [-0.39, 0.29) is 50.9 Å². The molecule has 1 atom stereocenters. The molecule has 0 aliphatic carbocycles. The number of hydrogen-bond acceptors (Lipinski definition) is 6. The van der Waals surface area contributed by atoms with Gasteiger partial charge in [0.2, 0.25) is 0 Å². The van der Waals surface area contributed by atoms with Crippen LogP contribution >= 0.6 is 0 Å². The van der Waals surface area contributed by atoms with E-state index in [0.29, 0.717) is 6.42 Å². The first kappa shape index (κ1) is 36.2. The van der Waals surface area contributed by atoms with Gasteiger partial charge in [-0.2, -0.15) is 26.3 Å². The van der Waals surface area contributed by atoms with E-state index in [1.165, 1.54) is 6.92 Å². The summed E-state index contributed by atoms with van der Waals surface area (Å²) in [5.74, 6) is -18.3. The molecule has 0 fully saturated rings. The Labute approximate surface area is 220 Å². The van der Waals surface area contributed by atoms with E-state index in [1.807, 2.05) is 6.92 Å². The lowest BCUT2D eigenvalue weighted by molar-refractivity contribution is -0.312. The Bertz CT molecular complexity index is 712. The van der Waals surface area contributed by atoms with Crippen LogP contribution in [0.5, 0.6) is 0 Å². The summed E-state index contributed by atoms with van der Waals surface area (Å²) in [6.45, 7) is 5.14. The van der Waals surface area contributed by atoms with Crippen LogP contribution in [0.25, 0.3) is 0 Å². The Kier molecular flexibility index (Phi) is 16.9. The molecule has 12 heteroatoms. The van der Waals surface area contributed by atoms with Gasteiger partial charge in [-0.15, -0.1) is 0 Å². The number of halogens is 6. The average molecular weight is 565 g/mol. The number of rotatable bonds is 22. The Balaban J connectivity index is 5.05. The maximum absolute atomic E-state index is 14.3. The number of hydrogen-bond donors (Lipinski definition) is 2. The third-order valence-electron chi connectivity index (χ3n) is 6.17. The minimum atomic E-state index is -5.55. The predicted molar refractivity (Wildman–Crippen MR) is 129 cm³/mol. The van der Waals surface area contributed by atoms with Gasteiger partial charge in [0, 0.05) is 49.9 Å². The topological polar surface area (TPSA) is 93.1 Å². The lowest BCUT2D eigenvalue weighted by Gasteiger charge is -2.33. The molecular weight excluding hydrogens is 522 g/mol. The summed E-state index contributed by atoms with van der Waals surface area (Å²) in [7, 11) is 0. The van der Waals surface area contributed by atoms with Gasteiger partial charge in [-0.05, 0) is 32.6 Å². The van der Waals surface area contributed by atoms with E-state index in [9.17, 15) is 35.9 Å². The fourth-order valence-corrected chi connectivity index (χ4v) is 3.52. The lowest BCUT2D eigenvalue weighted by atomic mass is 9.93. The quantitative estimate of drug-likeness (QED) is 0.0717. The SMILES string of the molecule is C=C(C)C(=O)OCC(CCCC(F)(F)C(F)(F)C(F)(F)CCCCCCC)COC(=O)CCC(CO)CO. The molecule has 0 aromatic heterocycles. The number of alkyl halides is 6. The molecule has 1 unspecified atom stereocenters. The van der Waals surface area contributed by atoms with Crippen molar-refractivity contribution in [2.45, 2.75) is 102 Å². The summed E-state index contributed by atoms with van der Waals surface area (Å²) in [4.78, 5) is 23.6. The monoisotopic (exact) mass is 564 g/mol. The Hall–Kier alpha value is -1.82. The van der Waals surface area contributed by atoms with Gasteiger partial charge < -0.3 is 19.7 Å². The third-order valence-corrected chi connectivity index (χ3v) is 6.17. The summed E-state index contributed by atoms with van der Waals surface area (Å²) in [6, 6.07) is 0. The molecule has 6 nitrogen and oxygen atoms in total. The van der Waals surface area contributed by atoms with Gasteiger partial charge in [0.1, 0.15) is 0 Å². The number of ether oxygens (including phenoxy) is 2. The Morgan fingerprint density at radius 2 is 1.32 bits per heavy atom. The van der Waals surface area contributed by atoms with Crippen LogP contribution in [-0.2, 0) is 19.1 Å². The number of esters is 2. The molecule has 0 aromatic carbocycles. The molecule has 0 rings (SSSR count). The number of carbonyl (C=O) groups excluding carboxylic acids is 2. The molecule has 0 saturated heterocycles. The highest BCUT2D eigenvalue weighted by Crippen LogP contribution is 2.50. The molecule has 224 valence electrons. The Morgan fingerprint density at radius 1 is 0.789 bits per heavy atom. The largest absolute Gasteiger partial charge is 0.465 e. The summed E-state index contributed by atoms with van der Waals surface area (Å²) >= 11 is 0. The van der Waals surface area contributed by atoms with Gasteiger partial charge in [0.25, 0.3) is 0 Å². The minimum Gasteiger partial charge on any atom is -0.465 e. The second-order valence-electron chi connectivity index (χ2n) is 9.74. The number of aliphatic hydroxyl groups excluding tert-OH is 2. The van der Waals surface area contributed by atoms with Gasteiger partial charge in [0.15, 0.2) is 0 Å². The highest BCUT2D eigenvalue weighted by atomic mass is 19.3. The average Bonchev–Trinajstić information content (AvgIpc) is 2.85. The molecule has 0 radical (unpaired) electrons. The summed E-state index contributed by atoms with van der Waals surface area (Å²) in [6.07, 6.45) is -1.78. The van der Waals surface area contributed by atoms with E-state index in [2.05, 4.69) is 6.58 Å². The van der Waals surface area contributed by atoms with Crippen molar-refractivity contribution in [1.29, 1.82) is 0 Å². The minimum absolute atomic E-state index is 0.0443. The summed E-state index contributed by atoms with van der Waals surface area (Å²) < 4.78 is 95.2. The molecule has 0 heterocycles. The molecule has 0 bridgehead atoms. The highest BCUT2D eigenvalue weighted by molar-refractivity contribution is 5.86. The molecule has 0 aromatic rings. The van der Waals surface area contributed by atoms with Crippen molar-refractivity contribution < 1.29 is 55.6 Å². The zero-order valence-electron chi connectivity index (χ0n) is 22.3. The van der Waals surface area contributed by atoms with Crippen LogP contribution in [0.4, 0.5) is 26.3 Å². The fraction of sp³-hybridized carbons (Fsp3) is 0.846. The van der Waals surface area contributed by atoms with Crippen molar-refractivity contribution in [3.63, 3.8) is 0 Å². The number of carbonyl (C=O) groups is 2. The maximum atomic E-state index is 14.3. The zero-order chi connectivity index (χ0) is 29.4. The van der Waals surface area contributed by atoms with Crippen LogP contribution in [-0.4, -0.2) is 66.3 Å². The van der Waals surface area contributed by atoms with Crippen molar-refractivity contribution in [3.05, 3.63) is 12.2 Å². The van der Waals surface area contributed by atoms with Crippen molar-refractivity contribution in [3.8, 4) is 0 Å². The smallest absolute Gasteiger partial charge is 0.371 e. The van der Waals surface area contributed by atoms with Gasteiger partial charge in [-0.1, -0.05) is 39.2 Å². The highest BCUT2D eigenvalue weighted by Gasteiger charge is 2.70. The molecule has 0 amide bonds. The molecule has 38 heavy (non-hydrogen) atoms. The molecule has 0 saturated carbocycles. The van der Waals surface area contributed by atoms with Crippen LogP contribution in [0.2, 0.25) is 0 Å². The van der Waals surface area contributed by atoms with Crippen molar-refractivity contribution in [1.82, 2.24) is 0 Å². The van der Waals surface area contributed by atoms with Crippen molar-refractivity contribution in [2.75, 3.05) is 26.4 Å². The van der Waals surface area contributed by atoms with E-state index in [1.54, 1.807) is 0 Å². The van der Waals surface area contributed by atoms with E-state index in [0.717, 1.165) is 12.8 Å². The summed E-state index contributed by atoms with van der Waals surface area (Å²) in [5.41, 5.74) is 0.0443. The van der Waals surface area contributed by atoms with Crippen LogP contribution in [0, 0.1) is 11.8 Å². The van der Waals surface area contributed by atoms with Gasteiger partial charge in [-0.3, -0.25) is 4.79 Å². The molecule has 0 aliphatic heterocycles. The second kappa shape index (κ2) is 17.7. The molecule has 0 aliphatic rings. The second-order valence-corrected chi connectivity index (χ2v) is 9.74. The fourth-order valence-electron chi connectivity index (χ4n) is 3.52. The van der Waals surface area contributed by atoms with Crippen LogP contribution in [0.1, 0.15) is 84.5 Å². The first-order valence-corrected chi connectivity index (χ1v) is 13.0. The van der Waals surface area contributed by atoms with Crippen molar-refractivity contribution in [2.24, 2.45) is 11.8 Å². The lowest BCUT2D eigenvalue weighted by Crippen LogP contribution is -2.54. The predicted octanol–water partition coefficient (Wildman–Crippen LogP) is 6.08. The standard InChI is InChI=1S/C26H42F6O6/c1-4-5-6-7-8-13-24(27,28)26(31,32)25(29,30)14-9-10-21(18-38-23(36)19(2)3)17-37-22(35)12-11-20(15-33)16-34/h20-21,33-34H,2,4-18H2,1,3H3. The van der Waals surface area contributed by atoms with E-state index < -0.39 is 74.0 Å². The van der Waals surface area contributed by atoms with Crippen molar-refractivity contribution >= 4 is 11.9 Å². The Morgan fingerprint density at radius 3 is 1.84 bits per heavy atom. The van der Waals surface area contributed by atoms with Crippen LogP contribution in [0.3, 0.4) is 0 Å².